The van der Waals surface area contributed by atoms with Crippen LogP contribution in [0.3, 0.4) is 0 Å². The third-order valence-corrected chi connectivity index (χ3v) is 6.15. The van der Waals surface area contributed by atoms with E-state index in [0.717, 1.165) is 13.1 Å². The molecule has 2 saturated heterocycles. The second kappa shape index (κ2) is 5.36. The van der Waals surface area contributed by atoms with Gasteiger partial charge >= 0.3 is 0 Å². The van der Waals surface area contributed by atoms with E-state index in [1.807, 2.05) is 11.8 Å². The minimum absolute atomic E-state index is 0.626. The predicted molar refractivity (Wildman–Crippen MR) is 89.6 cm³/mol. The molecule has 1 aromatic rings. The zero-order valence-electron chi connectivity index (χ0n) is 13.0. The molecule has 0 amide bonds. The summed E-state index contributed by atoms with van der Waals surface area (Å²) in [5, 5.41) is 0. The first-order valence-corrected chi connectivity index (χ1v) is 9.09. The molecule has 1 aromatic heterocycles. The molecule has 1 atom stereocenters. The summed E-state index contributed by atoms with van der Waals surface area (Å²) in [5.74, 6) is 2.42. The van der Waals surface area contributed by atoms with Crippen molar-refractivity contribution in [2.45, 2.75) is 37.2 Å². The molecular weight excluding hydrogens is 280 g/mol. The molecule has 0 saturated carbocycles. The number of rotatable bonds is 2. The Kier molecular flexibility index (Phi) is 3.50. The van der Waals surface area contributed by atoms with E-state index in [9.17, 15) is 0 Å². The fraction of sp³-hybridized carbons (Fsp3) is 0.688. The Morgan fingerprint density at radius 2 is 2.10 bits per heavy atom. The summed E-state index contributed by atoms with van der Waals surface area (Å²) in [6.45, 7) is 10.5. The zero-order chi connectivity index (χ0) is 14.4. The lowest BCUT2D eigenvalue weighted by molar-refractivity contribution is 0.185. The smallest absolute Gasteiger partial charge is 0.142 e. The molecule has 21 heavy (non-hydrogen) atoms. The molecule has 0 radical (unpaired) electrons. The number of hydrogen-bond donors (Lipinski definition) is 0. The Labute approximate surface area is 131 Å². The summed E-state index contributed by atoms with van der Waals surface area (Å²) in [5.41, 5.74) is 1.31. The van der Waals surface area contributed by atoms with E-state index in [0.29, 0.717) is 12.1 Å². The van der Waals surface area contributed by atoms with Crippen LogP contribution in [0.1, 0.15) is 20.3 Å². The number of anilines is 2. The van der Waals surface area contributed by atoms with Crippen molar-refractivity contribution in [3.05, 3.63) is 12.3 Å². The molecule has 5 heteroatoms. The van der Waals surface area contributed by atoms with Crippen LogP contribution in [0.2, 0.25) is 0 Å². The molecule has 2 fully saturated rings. The van der Waals surface area contributed by atoms with Crippen molar-refractivity contribution in [2.24, 2.45) is 0 Å². The van der Waals surface area contributed by atoms with Gasteiger partial charge in [0.05, 0.1) is 22.8 Å². The number of thioether (sulfide) groups is 1. The van der Waals surface area contributed by atoms with Gasteiger partial charge in [-0.1, -0.05) is 0 Å². The van der Waals surface area contributed by atoms with Gasteiger partial charge in [-0.15, -0.1) is 11.8 Å². The number of nitrogens with zero attached hydrogens (tertiary/aromatic N) is 4. The van der Waals surface area contributed by atoms with E-state index in [-0.39, 0.29) is 0 Å². The summed E-state index contributed by atoms with van der Waals surface area (Å²) < 4.78 is 0. The molecule has 0 N–H and O–H groups in total. The van der Waals surface area contributed by atoms with Crippen LogP contribution in [0.25, 0.3) is 0 Å². The summed E-state index contributed by atoms with van der Waals surface area (Å²) in [6, 6.07) is 3.64. The molecule has 0 aromatic carbocycles. The SMILES string of the molecule is CC(C)N1CCN2c3ncc(N4CCC4)cc3SC[C@@H]2C1. The molecule has 3 aliphatic rings. The average molecular weight is 304 g/mol. The van der Waals surface area contributed by atoms with Crippen LogP contribution in [0.5, 0.6) is 0 Å². The molecule has 0 unspecified atom stereocenters. The number of pyridine rings is 1. The fourth-order valence-corrected chi connectivity index (χ4v) is 4.61. The van der Waals surface area contributed by atoms with Crippen molar-refractivity contribution >= 4 is 23.3 Å². The number of hydrogen-bond acceptors (Lipinski definition) is 5. The zero-order valence-corrected chi connectivity index (χ0v) is 13.8. The largest absolute Gasteiger partial charge is 0.370 e. The van der Waals surface area contributed by atoms with Crippen LogP contribution < -0.4 is 9.80 Å². The molecule has 114 valence electrons. The average Bonchev–Trinajstić information content (AvgIpc) is 2.44. The third-order valence-electron chi connectivity index (χ3n) is 4.99. The lowest BCUT2D eigenvalue weighted by Gasteiger charge is -2.46. The van der Waals surface area contributed by atoms with E-state index in [2.05, 4.69) is 40.8 Å². The van der Waals surface area contributed by atoms with E-state index >= 15 is 0 Å². The molecular formula is C16H24N4S. The monoisotopic (exact) mass is 304 g/mol. The van der Waals surface area contributed by atoms with Crippen molar-refractivity contribution < 1.29 is 0 Å². The normalized spacial score (nSPS) is 25.6. The highest BCUT2D eigenvalue weighted by Gasteiger charge is 2.34. The number of aromatic nitrogens is 1. The third kappa shape index (κ3) is 2.40. The Hall–Kier alpha value is -0.940. The maximum absolute atomic E-state index is 4.82. The Morgan fingerprint density at radius 1 is 1.24 bits per heavy atom. The van der Waals surface area contributed by atoms with Gasteiger partial charge in [0.25, 0.3) is 0 Å². The van der Waals surface area contributed by atoms with E-state index in [4.69, 9.17) is 4.98 Å². The van der Waals surface area contributed by atoms with Crippen LogP contribution in [-0.2, 0) is 0 Å². The molecule has 4 heterocycles. The van der Waals surface area contributed by atoms with Crippen molar-refractivity contribution in [2.75, 3.05) is 48.3 Å². The highest BCUT2D eigenvalue weighted by Crippen LogP contribution is 2.39. The van der Waals surface area contributed by atoms with Gasteiger partial charge < -0.3 is 9.80 Å². The van der Waals surface area contributed by atoms with E-state index < -0.39 is 0 Å². The standard InChI is InChI=1S/C16H24N4S/c1-12(2)19-6-7-20-14(10-19)11-21-15-8-13(9-17-16(15)20)18-4-3-5-18/h8-9,12,14H,3-7,10-11H2,1-2H3/t14-/m0/s1. The predicted octanol–water partition coefficient (Wildman–Crippen LogP) is 2.30. The topological polar surface area (TPSA) is 22.6 Å². The second-order valence-corrected chi connectivity index (χ2v) is 7.66. The first-order valence-electron chi connectivity index (χ1n) is 8.11. The van der Waals surface area contributed by atoms with Crippen LogP contribution in [0.4, 0.5) is 11.5 Å². The van der Waals surface area contributed by atoms with Crippen molar-refractivity contribution in [1.82, 2.24) is 9.88 Å². The molecule has 4 nitrogen and oxygen atoms in total. The van der Waals surface area contributed by atoms with Crippen molar-refractivity contribution in [3.63, 3.8) is 0 Å². The molecule has 4 rings (SSSR count). The van der Waals surface area contributed by atoms with E-state index in [1.54, 1.807) is 0 Å². The first kappa shape index (κ1) is 13.7. The van der Waals surface area contributed by atoms with Gasteiger partial charge in [-0.2, -0.15) is 0 Å². The Balaban J connectivity index is 1.56. The molecule has 0 aliphatic carbocycles. The minimum atomic E-state index is 0.626. The summed E-state index contributed by atoms with van der Waals surface area (Å²) in [6.07, 6.45) is 3.40. The van der Waals surface area contributed by atoms with Gasteiger partial charge in [-0.25, -0.2) is 4.98 Å². The van der Waals surface area contributed by atoms with E-state index in [1.165, 1.54) is 48.2 Å². The van der Waals surface area contributed by atoms with Crippen LogP contribution in [0, 0.1) is 0 Å². The number of piperazine rings is 1. The lowest BCUT2D eigenvalue weighted by Crippen LogP contribution is -2.57. The second-order valence-electron chi connectivity index (χ2n) is 6.60. The summed E-state index contributed by atoms with van der Waals surface area (Å²) in [4.78, 5) is 13.8. The number of fused-ring (bicyclic) bond motifs is 3. The van der Waals surface area contributed by atoms with Crippen LogP contribution in [-0.4, -0.2) is 60.4 Å². The maximum atomic E-state index is 4.82. The van der Waals surface area contributed by atoms with Gasteiger partial charge in [-0.3, -0.25) is 4.90 Å². The van der Waals surface area contributed by atoms with Gasteiger partial charge in [0.15, 0.2) is 0 Å². The van der Waals surface area contributed by atoms with Crippen LogP contribution >= 0.6 is 11.8 Å². The highest BCUT2D eigenvalue weighted by atomic mass is 32.2. The van der Waals surface area contributed by atoms with Crippen LogP contribution in [0.15, 0.2) is 17.2 Å². The Bertz CT molecular complexity index is 529. The van der Waals surface area contributed by atoms with Gasteiger partial charge in [0, 0.05) is 44.5 Å². The van der Waals surface area contributed by atoms with Gasteiger partial charge in [0.2, 0.25) is 0 Å². The lowest BCUT2D eigenvalue weighted by atomic mass is 10.1. The van der Waals surface area contributed by atoms with Crippen molar-refractivity contribution in [3.8, 4) is 0 Å². The fourth-order valence-electron chi connectivity index (χ4n) is 3.45. The summed E-state index contributed by atoms with van der Waals surface area (Å²) >= 11 is 2.00. The van der Waals surface area contributed by atoms with Gasteiger partial charge in [0.1, 0.15) is 5.82 Å². The first-order chi connectivity index (χ1) is 10.2. The van der Waals surface area contributed by atoms with Gasteiger partial charge in [-0.05, 0) is 26.3 Å². The quantitative estimate of drug-likeness (QED) is 0.834. The Morgan fingerprint density at radius 3 is 2.81 bits per heavy atom. The summed E-state index contributed by atoms with van der Waals surface area (Å²) in [7, 11) is 0. The molecule has 3 aliphatic heterocycles. The molecule has 0 bridgehead atoms. The maximum Gasteiger partial charge on any atom is 0.142 e. The minimum Gasteiger partial charge on any atom is -0.370 e. The molecule has 0 spiro atoms. The highest BCUT2D eigenvalue weighted by molar-refractivity contribution is 7.99. The van der Waals surface area contributed by atoms with Crippen molar-refractivity contribution in [1.29, 1.82) is 0 Å².